The average molecular weight is 827 g/mol. The first-order valence-electron chi connectivity index (χ1n) is 17.9. The van der Waals surface area contributed by atoms with E-state index < -0.39 is 186 Å². The summed E-state index contributed by atoms with van der Waals surface area (Å²) in [5, 5.41) is 166. The highest BCUT2D eigenvalue weighted by Crippen LogP contribution is 2.34. The molecule has 0 aliphatic carbocycles. The standard InChI is InChI=1S/C31H54O25/c1-7-13(35)19(41)17(39)11(50-7)5-48-28-24(46)21(43)18(40)12(54-28)6-49-30-26(22(44)15(37)9(3-33)52-30)56-31-27(23(45)16(38)10(4-34)53-31)55-29-25(47)20(42)14(36)8(2-32)51-29/h7-47H,2-6H2,1H3/t7-,8?,9?,10?,11?,12?,13?,14-,15-,16-,17-,18-,19?,20?,21?,22?,23?,24?,25?,26?,27?,28+,29-,30+,31-/m1/s1. The molecule has 25 heteroatoms. The van der Waals surface area contributed by atoms with Crippen molar-refractivity contribution in [2.75, 3.05) is 33.0 Å². The normalized spacial score (nSPS) is 53.2. The summed E-state index contributed by atoms with van der Waals surface area (Å²) in [4.78, 5) is 0. The number of ether oxygens (including phenoxy) is 9. The summed E-state index contributed by atoms with van der Waals surface area (Å²) in [5.41, 5.74) is 0. The van der Waals surface area contributed by atoms with Gasteiger partial charge in [0.1, 0.15) is 122 Å². The van der Waals surface area contributed by atoms with Crippen molar-refractivity contribution in [3.63, 3.8) is 0 Å². The SMILES string of the molecule is C[C@H]1OC(CO[C@H]2OC(CO[C@H]3OC(CO)[C@@H](O)C(O)C3O[C@H]3OC(CO)[C@@H](O)C(O)C3O[C@H]3OC(CO)[C@@H](O)C(O)C3O)[C@@H](O)C(O)C2O)[C@@H](O)C(O)C1O. The third kappa shape index (κ3) is 9.47. The van der Waals surface area contributed by atoms with Crippen molar-refractivity contribution >= 4 is 0 Å². The largest absolute Gasteiger partial charge is 0.394 e. The highest BCUT2D eigenvalue weighted by molar-refractivity contribution is 4.97. The smallest absolute Gasteiger partial charge is 0.187 e. The Kier molecular flexibility index (Phi) is 16.1. The van der Waals surface area contributed by atoms with Crippen molar-refractivity contribution in [3.8, 4) is 0 Å². The third-order valence-electron chi connectivity index (χ3n) is 10.5. The van der Waals surface area contributed by atoms with Gasteiger partial charge in [-0.25, -0.2) is 0 Å². The van der Waals surface area contributed by atoms with Crippen LogP contribution in [0.3, 0.4) is 0 Å². The van der Waals surface area contributed by atoms with Crippen LogP contribution in [0.5, 0.6) is 0 Å². The van der Waals surface area contributed by atoms with Crippen LogP contribution in [0.1, 0.15) is 6.92 Å². The summed E-state index contributed by atoms with van der Waals surface area (Å²) in [6, 6.07) is 0. The van der Waals surface area contributed by atoms with Gasteiger partial charge in [-0.2, -0.15) is 0 Å². The van der Waals surface area contributed by atoms with Crippen LogP contribution >= 0.6 is 0 Å². The highest BCUT2D eigenvalue weighted by Gasteiger charge is 2.55. The second-order valence-electron chi connectivity index (χ2n) is 14.3. The van der Waals surface area contributed by atoms with Gasteiger partial charge in [0.15, 0.2) is 25.2 Å². The Morgan fingerprint density at radius 2 is 0.679 bits per heavy atom. The van der Waals surface area contributed by atoms with Crippen LogP contribution in [0.15, 0.2) is 0 Å². The molecule has 25 atom stereocenters. The van der Waals surface area contributed by atoms with Gasteiger partial charge in [0.25, 0.3) is 0 Å². The van der Waals surface area contributed by atoms with Crippen molar-refractivity contribution in [2.24, 2.45) is 0 Å². The fraction of sp³-hybridized carbons (Fsp3) is 1.00. The molecule has 56 heavy (non-hydrogen) atoms. The van der Waals surface area contributed by atoms with Gasteiger partial charge in [-0.15, -0.1) is 0 Å². The Morgan fingerprint density at radius 1 is 0.339 bits per heavy atom. The lowest BCUT2D eigenvalue weighted by Crippen LogP contribution is -2.67. The van der Waals surface area contributed by atoms with Crippen molar-refractivity contribution < 1.29 is 124 Å². The Labute approximate surface area is 317 Å². The van der Waals surface area contributed by atoms with E-state index in [0.29, 0.717) is 0 Å². The number of hydrogen-bond acceptors (Lipinski definition) is 25. The molecule has 25 nitrogen and oxygen atoms in total. The van der Waals surface area contributed by atoms with E-state index in [-0.39, 0.29) is 0 Å². The Balaban J connectivity index is 1.32. The first-order chi connectivity index (χ1) is 26.4. The molecule has 5 heterocycles. The summed E-state index contributed by atoms with van der Waals surface area (Å²) >= 11 is 0. The lowest BCUT2D eigenvalue weighted by Gasteiger charge is -2.48. The summed E-state index contributed by atoms with van der Waals surface area (Å²) in [7, 11) is 0. The molecule has 0 amide bonds. The predicted octanol–water partition coefficient (Wildman–Crippen LogP) is -10.9. The average Bonchev–Trinajstić information content (AvgIpc) is 3.18. The van der Waals surface area contributed by atoms with Crippen LogP contribution in [-0.2, 0) is 42.6 Å². The van der Waals surface area contributed by atoms with Crippen LogP contribution in [0.25, 0.3) is 0 Å². The van der Waals surface area contributed by atoms with Crippen LogP contribution in [0.2, 0.25) is 0 Å². The van der Waals surface area contributed by atoms with Gasteiger partial charge in [-0.1, -0.05) is 0 Å². The van der Waals surface area contributed by atoms with Gasteiger partial charge < -0.3 is 124 Å². The second kappa shape index (κ2) is 19.6. The molecule has 15 unspecified atom stereocenters. The highest BCUT2D eigenvalue weighted by atomic mass is 16.8. The van der Waals surface area contributed by atoms with E-state index in [1.807, 2.05) is 0 Å². The fourth-order valence-electron chi connectivity index (χ4n) is 6.98. The van der Waals surface area contributed by atoms with E-state index in [4.69, 9.17) is 42.6 Å². The molecule has 328 valence electrons. The zero-order valence-electron chi connectivity index (χ0n) is 29.8. The molecule has 5 rings (SSSR count). The van der Waals surface area contributed by atoms with E-state index in [1.54, 1.807) is 0 Å². The quantitative estimate of drug-likeness (QED) is 0.0819. The molecule has 0 aromatic rings. The Morgan fingerprint density at radius 3 is 1.20 bits per heavy atom. The minimum atomic E-state index is -2.03. The molecule has 5 aliphatic rings. The molecule has 0 aromatic heterocycles. The van der Waals surface area contributed by atoms with Gasteiger partial charge in [0, 0.05) is 0 Å². The fourth-order valence-corrected chi connectivity index (χ4v) is 6.98. The zero-order chi connectivity index (χ0) is 41.3. The van der Waals surface area contributed by atoms with E-state index >= 15 is 0 Å². The lowest BCUT2D eigenvalue weighted by molar-refractivity contribution is -0.395. The van der Waals surface area contributed by atoms with Crippen LogP contribution < -0.4 is 0 Å². The van der Waals surface area contributed by atoms with E-state index in [1.165, 1.54) is 6.92 Å². The van der Waals surface area contributed by atoms with Crippen LogP contribution in [0, 0.1) is 0 Å². The van der Waals surface area contributed by atoms with Crippen molar-refractivity contribution in [3.05, 3.63) is 0 Å². The molecule has 0 spiro atoms. The number of rotatable bonds is 13. The maximum absolute atomic E-state index is 11.1. The van der Waals surface area contributed by atoms with Crippen molar-refractivity contribution in [1.82, 2.24) is 0 Å². The molecule has 0 saturated carbocycles. The monoisotopic (exact) mass is 826 g/mol. The molecule has 0 radical (unpaired) electrons. The molecule has 0 bridgehead atoms. The van der Waals surface area contributed by atoms with Gasteiger partial charge in [-0.05, 0) is 6.92 Å². The zero-order valence-corrected chi connectivity index (χ0v) is 29.8. The maximum Gasteiger partial charge on any atom is 0.187 e. The minimum absolute atomic E-state index is 0.541. The molecule has 5 saturated heterocycles. The predicted molar refractivity (Wildman–Crippen MR) is 170 cm³/mol. The summed E-state index contributed by atoms with van der Waals surface area (Å²) in [6.45, 7) is -2.53. The van der Waals surface area contributed by atoms with Gasteiger partial charge in [0.2, 0.25) is 0 Å². The van der Waals surface area contributed by atoms with Gasteiger partial charge in [-0.3, -0.25) is 0 Å². The minimum Gasteiger partial charge on any atom is -0.394 e. The molecule has 5 aliphatic heterocycles. The van der Waals surface area contributed by atoms with Crippen LogP contribution in [-0.4, -0.2) is 268 Å². The molecule has 16 N–H and O–H groups in total. The first-order valence-corrected chi connectivity index (χ1v) is 17.9. The number of hydrogen-bond donors (Lipinski definition) is 16. The topological polar surface area (TPSA) is 407 Å². The number of aliphatic hydroxyl groups is 16. The van der Waals surface area contributed by atoms with E-state index in [9.17, 15) is 81.7 Å². The summed E-state index contributed by atoms with van der Waals surface area (Å²) in [5.74, 6) is 0. The van der Waals surface area contributed by atoms with Gasteiger partial charge in [0.05, 0.1) is 39.1 Å². The Bertz CT molecular complexity index is 1210. The van der Waals surface area contributed by atoms with Crippen LogP contribution in [0.4, 0.5) is 0 Å². The first kappa shape index (κ1) is 46.1. The second-order valence-corrected chi connectivity index (χ2v) is 14.3. The van der Waals surface area contributed by atoms with E-state index in [2.05, 4.69) is 0 Å². The van der Waals surface area contributed by atoms with Crippen molar-refractivity contribution in [2.45, 2.75) is 160 Å². The van der Waals surface area contributed by atoms with Gasteiger partial charge >= 0.3 is 0 Å². The summed E-state index contributed by atoms with van der Waals surface area (Å²) in [6.07, 6.45) is -43.4. The maximum atomic E-state index is 11.1. The molecular weight excluding hydrogens is 772 g/mol. The summed E-state index contributed by atoms with van der Waals surface area (Å²) < 4.78 is 50.3. The third-order valence-corrected chi connectivity index (χ3v) is 10.5. The Hall–Kier alpha value is -1.00. The van der Waals surface area contributed by atoms with E-state index in [0.717, 1.165) is 0 Å². The van der Waals surface area contributed by atoms with Crippen molar-refractivity contribution in [1.29, 1.82) is 0 Å². The molecule has 5 fully saturated rings. The molecule has 0 aromatic carbocycles. The lowest BCUT2D eigenvalue weighted by atomic mass is 9.96. The number of aliphatic hydroxyl groups excluding tert-OH is 16. The molecular formula is C31H54O25.